The van der Waals surface area contributed by atoms with Crippen molar-refractivity contribution in [2.75, 3.05) is 26.4 Å². The van der Waals surface area contributed by atoms with Gasteiger partial charge in [-0.1, -0.05) is 6.92 Å². The average molecular weight is 384 g/mol. The fourth-order valence-electron chi connectivity index (χ4n) is 3.45. The van der Waals surface area contributed by atoms with Gasteiger partial charge >= 0.3 is 0 Å². The molecule has 2 fully saturated rings. The van der Waals surface area contributed by atoms with Crippen molar-refractivity contribution in [3.63, 3.8) is 0 Å². The van der Waals surface area contributed by atoms with E-state index in [1.165, 1.54) is 0 Å². The summed E-state index contributed by atoms with van der Waals surface area (Å²) in [6, 6.07) is 0. The van der Waals surface area contributed by atoms with E-state index in [-0.39, 0.29) is 6.61 Å². The highest BCUT2D eigenvalue weighted by Gasteiger charge is 2.70. The summed E-state index contributed by atoms with van der Waals surface area (Å²) in [6.07, 6.45) is -11.5. The summed E-state index contributed by atoms with van der Waals surface area (Å²) >= 11 is 0. The molecule has 154 valence electrons. The number of rotatable bonds is 6. The topological polar surface area (TPSA) is 190 Å². The lowest BCUT2D eigenvalue weighted by Crippen LogP contribution is -2.82. The van der Waals surface area contributed by atoms with Crippen molar-refractivity contribution in [1.29, 1.82) is 0 Å². The highest BCUT2D eigenvalue weighted by atomic mass is 16.7. The van der Waals surface area contributed by atoms with E-state index < -0.39 is 73.9 Å². The van der Waals surface area contributed by atoms with E-state index >= 15 is 0 Å². The van der Waals surface area contributed by atoms with Gasteiger partial charge in [-0.3, -0.25) is 0 Å². The maximum atomic E-state index is 11.0. The van der Waals surface area contributed by atoms with Gasteiger partial charge in [-0.05, 0) is 6.42 Å². The first-order chi connectivity index (χ1) is 12.2. The van der Waals surface area contributed by atoms with E-state index in [4.69, 9.17) is 19.3 Å². The van der Waals surface area contributed by atoms with Crippen molar-refractivity contribution >= 4 is 0 Å². The lowest BCUT2D eigenvalue weighted by Gasteiger charge is -2.57. The molecule has 0 amide bonds. The van der Waals surface area contributed by atoms with Crippen LogP contribution in [0.15, 0.2) is 0 Å². The molecule has 2 saturated heterocycles. The number of hydrogen-bond donors (Lipinski definition) is 8. The summed E-state index contributed by atoms with van der Waals surface area (Å²) in [5.74, 6) is 0. The second-order valence-electron chi connectivity index (χ2n) is 6.70. The van der Waals surface area contributed by atoms with Gasteiger partial charge in [0.05, 0.1) is 19.8 Å². The second kappa shape index (κ2) is 8.29. The monoisotopic (exact) mass is 384 g/mol. The Morgan fingerprint density at radius 2 is 1.65 bits per heavy atom. The van der Waals surface area contributed by atoms with Crippen molar-refractivity contribution < 1.29 is 55.1 Å². The zero-order chi connectivity index (χ0) is 19.7. The molecule has 0 spiro atoms. The zero-order valence-electron chi connectivity index (χ0n) is 14.4. The van der Waals surface area contributed by atoms with Crippen molar-refractivity contribution in [2.24, 2.45) is 0 Å². The highest BCUT2D eigenvalue weighted by Crippen LogP contribution is 2.43. The molecule has 0 aromatic carbocycles. The lowest BCUT2D eigenvalue weighted by molar-refractivity contribution is -0.391. The predicted octanol–water partition coefficient (Wildman–Crippen LogP) is -4.57. The Morgan fingerprint density at radius 1 is 1.00 bits per heavy atom. The van der Waals surface area contributed by atoms with Crippen molar-refractivity contribution in [1.82, 2.24) is 0 Å². The van der Waals surface area contributed by atoms with Crippen LogP contribution in [0, 0.1) is 0 Å². The maximum Gasteiger partial charge on any atom is 0.186 e. The molecule has 0 bridgehead atoms. The van der Waals surface area contributed by atoms with Gasteiger partial charge in [0.15, 0.2) is 17.5 Å². The van der Waals surface area contributed by atoms with E-state index in [1.54, 1.807) is 6.92 Å². The second-order valence-corrected chi connectivity index (χ2v) is 6.70. The maximum absolute atomic E-state index is 11.0. The zero-order valence-corrected chi connectivity index (χ0v) is 14.4. The smallest absolute Gasteiger partial charge is 0.186 e. The highest BCUT2D eigenvalue weighted by molar-refractivity contribution is 5.18. The number of ether oxygens (including phenoxy) is 3. The lowest BCUT2D eigenvalue weighted by atomic mass is 9.67. The molecule has 8 N–H and O–H groups in total. The van der Waals surface area contributed by atoms with Crippen molar-refractivity contribution in [3.8, 4) is 0 Å². The number of aliphatic hydroxyl groups is 8. The fraction of sp³-hybridized carbons (Fsp3) is 1.00. The van der Waals surface area contributed by atoms with Gasteiger partial charge in [-0.2, -0.15) is 0 Å². The van der Waals surface area contributed by atoms with Crippen LogP contribution in [0.2, 0.25) is 0 Å². The Kier molecular flexibility index (Phi) is 6.97. The molecule has 2 aliphatic rings. The van der Waals surface area contributed by atoms with Crippen LogP contribution in [-0.2, 0) is 14.2 Å². The molecule has 0 aromatic rings. The molecule has 9 atom stereocenters. The summed E-state index contributed by atoms with van der Waals surface area (Å²) in [4.78, 5) is 0. The van der Waals surface area contributed by atoms with Crippen LogP contribution in [0.1, 0.15) is 13.3 Å². The number of aliphatic hydroxyl groups excluding tert-OH is 6. The van der Waals surface area contributed by atoms with Gasteiger partial charge in [0.25, 0.3) is 0 Å². The normalized spacial score (nSPS) is 50.0. The van der Waals surface area contributed by atoms with Gasteiger partial charge < -0.3 is 55.1 Å². The third kappa shape index (κ3) is 3.27. The molecular formula is C15H28O11. The summed E-state index contributed by atoms with van der Waals surface area (Å²) < 4.78 is 15.6. The third-order valence-corrected chi connectivity index (χ3v) is 5.08. The van der Waals surface area contributed by atoms with Crippen molar-refractivity contribution in [2.45, 2.75) is 67.5 Å². The van der Waals surface area contributed by atoms with Crippen LogP contribution in [0.25, 0.3) is 0 Å². The molecule has 0 aromatic heterocycles. The molecule has 26 heavy (non-hydrogen) atoms. The SMILES string of the molecule is CCCO[C@H]1O[C@H](CO)[C@](O)([C@@]2(O)CO[C@H](CO)[C@H](O)[C@@H]2O)[C@H](O)[C@H]1O. The first kappa shape index (κ1) is 21.9. The predicted molar refractivity (Wildman–Crippen MR) is 82.7 cm³/mol. The van der Waals surface area contributed by atoms with Crippen molar-refractivity contribution in [3.05, 3.63) is 0 Å². The molecule has 11 nitrogen and oxygen atoms in total. The summed E-state index contributed by atoms with van der Waals surface area (Å²) in [5, 5.41) is 81.7. The first-order valence-electron chi connectivity index (χ1n) is 8.46. The Labute approximate surface area is 150 Å². The van der Waals surface area contributed by atoms with Gasteiger partial charge in [0.1, 0.15) is 36.6 Å². The van der Waals surface area contributed by atoms with Gasteiger partial charge in [-0.15, -0.1) is 0 Å². The van der Waals surface area contributed by atoms with E-state index in [9.17, 15) is 35.7 Å². The summed E-state index contributed by atoms with van der Waals surface area (Å²) in [7, 11) is 0. The van der Waals surface area contributed by atoms with Gasteiger partial charge in [0, 0.05) is 6.61 Å². The average Bonchev–Trinajstić information content (AvgIpc) is 2.64. The number of hydrogen-bond acceptors (Lipinski definition) is 11. The minimum absolute atomic E-state index is 0.165. The molecule has 2 heterocycles. The quantitative estimate of drug-likeness (QED) is 0.220. The third-order valence-electron chi connectivity index (χ3n) is 5.08. The molecule has 2 rings (SSSR count). The van der Waals surface area contributed by atoms with Crippen LogP contribution in [0.4, 0.5) is 0 Å². The molecular weight excluding hydrogens is 356 g/mol. The Balaban J connectivity index is 2.35. The molecule has 0 radical (unpaired) electrons. The standard InChI is InChI=1S/C15H28O11/c1-2-3-24-13-10(19)12(21)15(23,8(5-17)26-13)14(22)6-25-7(4-16)9(18)11(14)20/h7-13,16-23H,2-6H2,1H3/t7-,8-,9+,10-,11+,12-,13+,14-,15-/m1/s1. The van der Waals surface area contributed by atoms with E-state index in [1.807, 2.05) is 0 Å². The minimum atomic E-state index is -2.81. The molecule has 2 aliphatic heterocycles. The molecule has 0 aliphatic carbocycles. The van der Waals surface area contributed by atoms with E-state index in [2.05, 4.69) is 0 Å². The largest absolute Gasteiger partial charge is 0.394 e. The van der Waals surface area contributed by atoms with Crippen LogP contribution in [0.3, 0.4) is 0 Å². The van der Waals surface area contributed by atoms with E-state index in [0.29, 0.717) is 6.42 Å². The fourth-order valence-corrected chi connectivity index (χ4v) is 3.45. The molecule has 11 heteroatoms. The van der Waals surface area contributed by atoms with Gasteiger partial charge in [0.2, 0.25) is 0 Å². The van der Waals surface area contributed by atoms with Crippen LogP contribution < -0.4 is 0 Å². The van der Waals surface area contributed by atoms with Crippen LogP contribution in [-0.4, -0.2) is 121 Å². The Hall–Kier alpha value is -0.440. The minimum Gasteiger partial charge on any atom is -0.394 e. The first-order valence-corrected chi connectivity index (χ1v) is 8.46. The molecule has 0 unspecified atom stereocenters. The van der Waals surface area contributed by atoms with E-state index in [0.717, 1.165) is 0 Å². The van der Waals surface area contributed by atoms with Crippen LogP contribution >= 0.6 is 0 Å². The Bertz CT molecular complexity index is 461. The summed E-state index contributed by atoms with van der Waals surface area (Å²) in [6.45, 7) is -0.413. The Morgan fingerprint density at radius 3 is 2.19 bits per heavy atom. The molecule has 0 saturated carbocycles. The summed E-state index contributed by atoms with van der Waals surface area (Å²) in [5.41, 5.74) is -5.53. The van der Waals surface area contributed by atoms with Crippen LogP contribution in [0.5, 0.6) is 0 Å². The van der Waals surface area contributed by atoms with Gasteiger partial charge in [-0.25, -0.2) is 0 Å².